The summed E-state index contributed by atoms with van der Waals surface area (Å²) >= 11 is 9.97. The van der Waals surface area contributed by atoms with Crippen molar-refractivity contribution >= 4 is 59.9 Å². The first kappa shape index (κ1) is 22.1. The van der Waals surface area contributed by atoms with Gasteiger partial charge in [-0.1, -0.05) is 47.8 Å². The summed E-state index contributed by atoms with van der Waals surface area (Å²) in [6.07, 6.45) is 2.66. The molecule has 144 valence electrons. The molecule has 0 radical (unpaired) electrons. The quantitative estimate of drug-likeness (QED) is 0.343. The number of alkyl halides is 1. The fourth-order valence-electron chi connectivity index (χ4n) is 2.48. The molecular weight excluding hydrogens is 544 g/mol. The van der Waals surface area contributed by atoms with Gasteiger partial charge in [-0.25, -0.2) is 0 Å². The lowest BCUT2D eigenvalue weighted by molar-refractivity contribution is -0.107. The van der Waals surface area contributed by atoms with Crippen molar-refractivity contribution in [2.24, 2.45) is 0 Å². The van der Waals surface area contributed by atoms with E-state index in [1.807, 2.05) is 36.4 Å². The van der Waals surface area contributed by atoms with Crippen molar-refractivity contribution in [2.75, 3.05) is 18.5 Å². The highest BCUT2D eigenvalue weighted by atomic mass is 79.9. The molecule has 3 rings (SSSR count). The molecule has 0 spiro atoms. The number of Topliss-reactive ketones (excluding diaryl/α,β-unsaturated/α-hetero) is 1. The molecule has 0 amide bonds. The number of carbonyl (C=O) groups is 2. The molecule has 0 bridgehead atoms. The van der Waals surface area contributed by atoms with Crippen LogP contribution >= 0.6 is 47.8 Å². The predicted octanol–water partition coefficient (Wildman–Crippen LogP) is 5.77. The molecule has 27 heavy (non-hydrogen) atoms. The van der Waals surface area contributed by atoms with Crippen molar-refractivity contribution in [2.45, 2.75) is 19.3 Å². The molecule has 7 heteroatoms. The smallest absolute Gasteiger partial charge is 0.166 e. The maximum Gasteiger partial charge on any atom is 0.166 e. The van der Waals surface area contributed by atoms with E-state index < -0.39 is 0 Å². The minimum Gasteiger partial charge on any atom is -0.493 e. The Hall–Kier alpha value is -1.18. The van der Waals surface area contributed by atoms with E-state index in [-0.39, 0.29) is 5.78 Å². The molecule has 0 unspecified atom stereocenters. The monoisotopic (exact) mass is 560 g/mol. The summed E-state index contributed by atoms with van der Waals surface area (Å²) in [6, 6.07) is 11.2. The van der Waals surface area contributed by atoms with Crippen LogP contribution in [0.5, 0.6) is 11.5 Å². The summed E-state index contributed by atoms with van der Waals surface area (Å²) in [5.74, 6) is 1.67. The van der Waals surface area contributed by atoms with Crippen molar-refractivity contribution in [3.63, 3.8) is 0 Å². The van der Waals surface area contributed by atoms with Crippen molar-refractivity contribution in [1.82, 2.24) is 0 Å². The molecule has 1 aliphatic rings. The van der Waals surface area contributed by atoms with Gasteiger partial charge in [-0.05, 0) is 42.8 Å². The van der Waals surface area contributed by atoms with Crippen LogP contribution in [-0.2, 0) is 11.2 Å². The van der Waals surface area contributed by atoms with Crippen molar-refractivity contribution < 1.29 is 19.1 Å². The van der Waals surface area contributed by atoms with Gasteiger partial charge in [-0.2, -0.15) is 0 Å². The second-order valence-corrected chi connectivity index (χ2v) is 8.30. The van der Waals surface area contributed by atoms with Gasteiger partial charge in [0, 0.05) is 32.7 Å². The summed E-state index contributed by atoms with van der Waals surface area (Å²) in [6.45, 7) is 1.24. The van der Waals surface area contributed by atoms with Crippen molar-refractivity contribution in [1.29, 1.82) is 0 Å². The molecule has 0 aliphatic carbocycles. The van der Waals surface area contributed by atoms with Gasteiger partial charge in [0.1, 0.15) is 17.8 Å². The number of rotatable bonds is 5. The molecule has 0 aromatic heterocycles. The Morgan fingerprint density at radius 2 is 1.85 bits per heavy atom. The maximum absolute atomic E-state index is 11.6. The SMILES string of the molecule is O=C1CCCOc2ccc(Br)cc21.O=CCc1cc(Br)ccc1OCCBr. The number of aldehydes is 1. The van der Waals surface area contributed by atoms with E-state index in [2.05, 4.69) is 47.8 Å². The summed E-state index contributed by atoms with van der Waals surface area (Å²) < 4.78 is 12.8. The van der Waals surface area contributed by atoms with Gasteiger partial charge in [-0.3, -0.25) is 4.79 Å². The summed E-state index contributed by atoms with van der Waals surface area (Å²) in [5.41, 5.74) is 1.61. The molecule has 1 aliphatic heterocycles. The molecule has 4 nitrogen and oxygen atoms in total. The lowest BCUT2D eigenvalue weighted by Gasteiger charge is -2.08. The van der Waals surface area contributed by atoms with Gasteiger partial charge >= 0.3 is 0 Å². The third kappa shape index (κ3) is 7.05. The van der Waals surface area contributed by atoms with Gasteiger partial charge in [0.25, 0.3) is 0 Å². The zero-order chi connectivity index (χ0) is 19.6. The minimum atomic E-state index is 0.175. The molecule has 0 atom stereocenters. The molecule has 1 heterocycles. The average Bonchev–Trinajstić information content (AvgIpc) is 2.83. The van der Waals surface area contributed by atoms with Gasteiger partial charge in [0.05, 0.1) is 18.8 Å². The molecule has 0 saturated heterocycles. The Morgan fingerprint density at radius 3 is 2.59 bits per heavy atom. The van der Waals surface area contributed by atoms with Gasteiger partial charge in [-0.15, -0.1) is 0 Å². The summed E-state index contributed by atoms with van der Waals surface area (Å²) in [4.78, 5) is 22.0. The number of ketones is 1. The summed E-state index contributed by atoms with van der Waals surface area (Å²) in [7, 11) is 0. The van der Waals surface area contributed by atoms with E-state index >= 15 is 0 Å². The van der Waals surface area contributed by atoms with Crippen LogP contribution in [-0.4, -0.2) is 30.6 Å². The van der Waals surface area contributed by atoms with E-state index in [1.165, 1.54) is 0 Å². The fourth-order valence-corrected chi connectivity index (χ4v) is 3.41. The minimum absolute atomic E-state index is 0.175. The number of ether oxygens (including phenoxy) is 2. The van der Waals surface area contributed by atoms with Crippen LogP contribution in [0.2, 0.25) is 0 Å². The highest BCUT2D eigenvalue weighted by Gasteiger charge is 2.16. The summed E-state index contributed by atoms with van der Waals surface area (Å²) in [5, 5.41) is 0.781. The van der Waals surface area contributed by atoms with Crippen molar-refractivity contribution in [3.05, 3.63) is 56.5 Å². The Balaban J connectivity index is 0.000000194. The van der Waals surface area contributed by atoms with Crippen LogP contribution in [0.4, 0.5) is 0 Å². The fraction of sp³-hybridized carbons (Fsp3) is 0.300. The molecule has 2 aromatic rings. The van der Waals surface area contributed by atoms with E-state index in [4.69, 9.17) is 9.47 Å². The van der Waals surface area contributed by atoms with Crippen molar-refractivity contribution in [3.8, 4) is 11.5 Å². The van der Waals surface area contributed by atoms with E-state index in [9.17, 15) is 9.59 Å². The predicted molar refractivity (Wildman–Crippen MR) is 116 cm³/mol. The third-order valence-electron chi connectivity index (χ3n) is 3.71. The largest absolute Gasteiger partial charge is 0.493 e. The average molecular weight is 563 g/mol. The van der Waals surface area contributed by atoms with Crippen LogP contribution in [0.15, 0.2) is 45.3 Å². The van der Waals surface area contributed by atoms with Crippen LogP contribution < -0.4 is 9.47 Å². The van der Waals surface area contributed by atoms with Crippen LogP contribution in [0, 0.1) is 0 Å². The lowest BCUT2D eigenvalue weighted by atomic mass is 10.1. The van der Waals surface area contributed by atoms with Gasteiger partial charge in [0.15, 0.2) is 5.78 Å². The number of halogens is 3. The van der Waals surface area contributed by atoms with E-state index in [1.54, 1.807) is 0 Å². The number of hydrogen-bond acceptors (Lipinski definition) is 4. The van der Waals surface area contributed by atoms with E-state index in [0.717, 1.165) is 38.3 Å². The Bertz CT molecular complexity index is 793. The second kappa shape index (κ2) is 11.6. The first-order chi connectivity index (χ1) is 13.0. The number of benzene rings is 2. The van der Waals surface area contributed by atoms with Gasteiger partial charge < -0.3 is 14.3 Å². The molecular formula is C20H19Br3O4. The van der Waals surface area contributed by atoms with Crippen LogP contribution in [0.3, 0.4) is 0 Å². The molecule has 0 fully saturated rings. The number of carbonyl (C=O) groups excluding carboxylic acids is 2. The zero-order valence-corrected chi connectivity index (χ0v) is 19.3. The molecule has 2 aromatic carbocycles. The number of fused-ring (bicyclic) bond motifs is 1. The van der Waals surface area contributed by atoms with Gasteiger partial charge in [0.2, 0.25) is 0 Å². The van der Waals surface area contributed by atoms with E-state index in [0.29, 0.717) is 37.4 Å². The molecule has 0 saturated carbocycles. The Morgan fingerprint density at radius 1 is 1.11 bits per heavy atom. The Labute approximate surface area is 184 Å². The zero-order valence-electron chi connectivity index (χ0n) is 14.6. The third-order valence-corrected chi connectivity index (χ3v) is 5.02. The van der Waals surface area contributed by atoms with Crippen LogP contribution in [0.25, 0.3) is 0 Å². The topological polar surface area (TPSA) is 52.6 Å². The first-order valence-corrected chi connectivity index (χ1v) is 11.1. The lowest BCUT2D eigenvalue weighted by Crippen LogP contribution is -2.01. The highest BCUT2D eigenvalue weighted by Crippen LogP contribution is 2.27. The Kier molecular flexibility index (Phi) is 9.51. The normalized spacial score (nSPS) is 12.8. The highest BCUT2D eigenvalue weighted by molar-refractivity contribution is 9.10. The molecule has 0 N–H and O–H groups in total. The second-order valence-electron chi connectivity index (χ2n) is 5.68. The first-order valence-electron chi connectivity index (χ1n) is 8.41. The standard InChI is InChI=1S/C10H10Br2O2.C10H9BrO2/c11-4-6-14-10-2-1-9(12)7-8(10)3-5-13;11-7-3-4-10-8(6-7)9(12)2-1-5-13-10/h1-2,5,7H,3-4,6H2;3-4,6H,1-2,5H2. The number of hydrogen-bond donors (Lipinski definition) is 0. The maximum atomic E-state index is 11.6. The van der Waals surface area contributed by atoms with Crippen LogP contribution in [0.1, 0.15) is 28.8 Å².